The molecule has 1 aromatic carbocycles. The number of hydrogen-bond acceptors (Lipinski definition) is 3. The van der Waals surface area contributed by atoms with Gasteiger partial charge in [-0.2, -0.15) is 0 Å². The number of hydrogen-bond donors (Lipinski definition) is 0. The van der Waals surface area contributed by atoms with Crippen molar-refractivity contribution >= 4 is 17.8 Å². The van der Waals surface area contributed by atoms with Gasteiger partial charge in [0.05, 0.1) is 13.0 Å². The predicted octanol–water partition coefficient (Wildman–Crippen LogP) is 2.78. The highest BCUT2D eigenvalue weighted by Crippen LogP contribution is 2.26. The second-order valence-electron chi connectivity index (χ2n) is 4.21. The molecule has 0 fully saturated rings. The Kier molecular flexibility index (Phi) is 3.92. The van der Waals surface area contributed by atoms with Crippen LogP contribution in [-0.2, 0) is 16.0 Å². The van der Waals surface area contributed by atoms with Crippen LogP contribution in [0.2, 0.25) is 0 Å². The number of ketones is 1. The third kappa shape index (κ3) is 2.67. The van der Waals surface area contributed by atoms with E-state index >= 15 is 0 Å². The van der Waals surface area contributed by atoms with Crippen LogP contribution in [0.3, 0.4) is 0 Å². The van der Waals surface area contributed by atoms with E-state index in [0.717, 1.165) is 23.1 Å². The van der Waals surface area contributed by atoms with Crippen LogP contribution >= 0.6 is 0 Å². The number of benzene rings is 1. The van der Waals surface area contributed by atoms with Crippen LogP contribution < -0.4 is 0 Å². The zero-order chi connectivity index (χ0) is 13.0. The second-order valence-corrected chi connectivity index (χ2v) is 4.21. The smallest absolute Gasteiger partial charge is 0.309 e. The van der Waals surface area contributed by atoms with E-state index in [4.69, 9.17) is 4.74 Å². The van der Waals surface area contributed by atoms with Crippen molar-refractivity contribution < 1.29 is 14.3 Å². The van der Waals surface area contributed by atoms with Gasteiger partial charge in [-0.1, -0.05) is 30.4 Å². The fourth-order valence-corrected chi connectivity index (χ4v) is 2.18. The minimum Gasteiger partial charge on any atom is -0.466 e. The first-order valence-electron chi connectivity index (χ1n) is 6.19. The molecular weight excluding hydrogens is 228 g/mol. The van der Waals surface area contributed by atoms with E-state index in [-0.39, 0.29) is 18.2 Å². The van der Waals surface area contributed by atoms with E-state index in [2.05, 4.69) is 0 Å². The third-order valence-electron chi connectivity index (χ3n) is 3.00. The summed E-state index contributed by atoms with van der Waals surface area (Å²) in [6.45, 7) is 2.19. The number of Topliss-reactive ketones (excluding diaryl/α,β-unsaturated/α-hetero) is 1. The number of esters is 1. The molecule has 3 heteroatoms. The Hall–Kier alpha value is -1.90. The molecule has 0 saturated heterocycles. The molecule has 0 aliphatic heterocycles. The molecule has 94 valence electrons. The minimum absolute atomic E-state index is 0.214. The van der Waals surface area contributed by atoms with E-state index in [9.17, 15) is 9.59 Å². The maximum absolute atomic E-state index is 11.6. The van der Waals surface area contributed by atoms with Crippen LogP contribution in [0, 0.1) is 0 Å². The summed E-state index contributed by atoms with van der Waals surface area (Å²) in [4.78, 5) is 22.8. The number of fused-ring (bicyclic) bond motifs is 1. The Morgan fingerprint density at radius 2 is 2.22 bits per heavy atom. The Balaban J connectivity index is 2.09. The van der Waals surface area contributed by atoms with Gasteiger partial charge in [-0.05, 0) is 24.5 Å². The Labute approximate surface area is 106 Å². The zero-order valence-corrected chi connectivity index (χ0v) is 10.4. The average molecular weight is 244 g/mol. The van der Waals surface area contributed by atoms with Crippen molar-refractivity contribution in [2.75, 3.05) is 6.61 Å². The molecule has 0 aromatic heterocycles. The molecule has 0 spiro atoms. The van der Waals surface area contributed by atoms with Gasteiger partial charge in [-0.15, -0.1) is 0 Å². The average Bonchev–Trinajstić information content (AvgIpc) is 2.73. The molecule has 0 unspecified atom stereocenters. The van der Waals surface area contributed by atoms with E-state index in [1.807, 2.05) is 24.3 Å². The molecule has 1 aliphatic carbocycles. The third-order valence-corrected chi connectivity index (χ3v) is 3.00. The molecule has 0 N–H and O–H groups in total. The highest BCUT2D eigenvalue weighted by atomic mass is 16.5. The number of carbonyl (C=O) groups is 2. The van der Waals surface area contributed by atoms with Crippen LogP contribution in [0.4, 0.5) is 0 Å². The monoisotopic (exact) mass is 244 g/mol. The molecule has 1 aliphatic rings. The molecule has 18 heavy (non-hydrogen) atoms. The number of carbonyl (C=O) groups excluding carboxylic acids is 2. The van der Waals surface area contributed by atoms with Crippen LogP contribution in [0.25, 0.3) is 6.08 Å². The van der Waals surface area contributed by atoms with Gasteiger partial charge >= 0.3 is 5.97 Å². The summed E-state index contributed by atoms with van der Waals surface area (Å²) in [5.74, 6) is -0.0111. The standard InChI is InChI=1S/C15H16O3/c1-2-18-15(17)8-4-6-11-5-3-7-13-12(11)9-10-14(13)16/h3-7H,2,8-10H2,1H3. The van der Waals surface area contributed by atoms with E-state index in [1.165, 1.54) is 0 Å². The lowest BCUT2D eigenvalue weighted by Gasteiger charge is -2.02. The zero-order valence-electron chi connectivity index (χ0n) is 10.4. The van der Waals surface area contributed by atoms with E-state index in [1.54, 1.807) is 13.0 Å². The predicted molar refractivity (Wildman–Crippen MR) is 69.4 cm³/mol. The topological polar surface area (TPSA) is 43.4 Å². The summed E-state index contributed by atoms with van der Waals surface area (Å²) >= 11 is 0. The molecular formula is C15H16O3. The molecule has 1 aromatic rings. The lowest BCUT2D eigenvalue weighted by Crippen LogP contribution is -2.01. The highest BCUT2D eigenvalue weighted by molar-refractivity contribution is 6.01. The van der Waals surface area contributed by atoms with Crippen LogP contribution in [-0.4, -0.2) is 18.4 Å². The van der Waals surface area contributed by atoms with Gasteiger partial charge in [0.25, 0.3) is 0 Å². The first kappa shape index (κ1) is 12.6. The lowest BCUT2D eigenvalue weighted by atomic mass is 10.0. The molecule has 0 atom stereocenters. The molecule has 0 bridgehead atoms. The summed E-state index contributed by atoms with van der Waals surface area (Å²) < 4.78 is 4.85. The Bertz CT molecular complexity index is 500. The van der Waals surface area contributed by atoms with Crippen molar-refractivity contribution in [2.45, 2.75) is 26.2 Å². The quantitative estimate of drug-likeness (QED) is 0.765. The number of ether oxygens (including phenoxy) is 1. The highest BCUT2D eigenvalue weighted by Gasteiger charge is 2.20. The van der Waals surface area contributed by atoms with Gasteiger partial charge in [-0.25, -0.2) is 0 Å². The van der Waals surface area contributed by atoms with Gasteiger partial charge in [0.1, 0.15) is 0 Å². The molecule has 0 amide bonds. The van der Waals surface area contributed by atoms with Crippen molar-refractivity contribution in [1.82, 2.24) is 0 Å². The lowest BCUT2D eigenvalue weighted by molar-refractivity contribution is -0.142. The molecule has 3 nitrogen and oxygen atoms in total. The van der Waals surface area contributed by atoms with Crippen molar-refractivity contribution in [2.24, 2.45) is 0 Å². The van der Waals surface area contributed by atoms with E-state index in [0.29, 0.717) is 13.0 Å². The van der Waals surface area contributed by atoms with Gasteiger partial charge in [-0.3, -0.25) is 9.59 Å². The van der Waals surface area contributed by atoms with Crippen molar-refractivity contribution in [3.8, 4) is 0 Å². The number of rotatable bonds is 4. The summed E-state index contributed by atoms with van der Waals surface area (Å²) in [6, 6.07) is 5.72. The second kappa shape index (κ2) is 5.63. The minimum atomic E-state index is -0.225. The molecule has 0 saturated carbocycles. The molecule has 2 rings (SSSR count). The van der Waals surface area contributed by atoms with Gasteiger partial charge in [0, 0.05) is 12.0 Å². The van der Waals surface area contributed by atoms with Gasteiger partial charge < -0.3 is 4.74 Å². The normalized spacial score (nSPS) is 13.9. The summed E-state index contributed by atoms with van der Waals surface area (Å²) in [5, 5.41) is 0. The Morgan fingerprint density at radius 3 is 3.00 bits per heavy atom. The SMILES string of the molecule is CCOC(=O)CC=Cc1cccc2c1CCC2=O. The summed E-state index contributed by atoms with van der Waals surface area (Å²) in [7, 11) is 0. The van der Waals surface area contributed by atoms with Gasteiger partial charge in [0.15, 0.2) is 5.78 Å². The summed E-state index contributed by atoms with van der Waals surface area (Å²) in [5.41, 5.74) is 2.96. The summed E-state index contributed by atoms with van der Waals surface area (Å²) in [6.07, 6.45) is 5.35. The van der Waals surface area contributed by atoms with Crippen LogP contribution in [0.5, 0.6) is 0 Å². The maximum atomic E-state index is 11.6. The first-order valence-corrected chi connectivity index (χ1v) is 6.19. The van der Waals surface area contributed by atoms with E-state index < -0.39 is 0 Å². The molecule has 0 radical (unpaired) electrons. The fourth-order valence-electron chi connectivity index (χ4n) is 2.18. The first-order chi connectivity index (χ1) is 8.72. The van der Waals surface area contributed by atoms with Crippen LogP contribution in [0.15, 0.2) is 24.3 Å². The largest absolute Gasteiger partial charge is 0.466 e. The maximum Gasteiger partial charge on any atom is 0.309 e. The van der Waals surface area contributed by atoms with Crippen molar-refractivity contribution in [3.63, 3.8) is 0 Å². The Morgan fingerprint density at radius 1 is 1.39 bits per heavy atom. The van der Waals surface area contributed by atoms with Gasteiger partial charge in [0.2, 0.25) is 0 Å². The van der Waals surface area contributed by atoms with Crippen LogP contribution in [0.1, 0.15) is 41.3 Å². The van der Waals surface area contributed by atoms with Crippen molar-refractivity contribution in [1.29, 1.82) is 0 Å². The van der Waals surface area contributed by atoms with Crippen molar-refractivity contribution in [3.05, 3.63) is 41.0 Å². The fraction of sp³-hybridized carbons (Fsp3) is 0.333. The molecule has 0 heterocycles.